The summed E-state index contributed by atoms with van der Waals surface area (Å²) in [7, 11) is 1.70. The number of guanidine groups is 1. The molecule has 0 bridgehead atoms. The first-order valence-electron chi connectivity index (χ1n) is 8.76. The van der Waals surface area contributed by atoms with Crippen molar-refractivity contribution >= 4 is 22.4 Å². The Balaban J connectivity index is 1.65. The molecule has 1 atom stereocenters. The summed E-state index contributed by atoms with van der Waals surface area (Å²) in [6.07, 6.45) is 0. The predicted molar refractivity (Wildman–Crippen MR) is 109 cm³/mol. The average molecular weight is 362 g/mol. The second-order valence-electron chi connectivity index (χ2n) is 6.33. The molecule has 0 heterocycles. The van der Waals surface area contributed by atoms with Crippen molar-refractivity contribution in [2.45, 2.75) is 19.5 Å². The van der Waals surface area contributed by atoms with Gasteiger partial charge in [-0.3, -0.25) is 15.1 Å². The van der Waals surface area contributed by atoms with E-state index in [0.29, 0.717) is 12.5 Å². The molecule has 0 aromatic heterocycles. The van der Waals surface area contributed by atoms with Crippen LogP contribution in [0, 0.1) is 10.1 Å². The number of nitrogens with one attached hydrogen (secondary N) is 2. The first-order chi connectivity index (χ1) is 13.1. The maximum atomic E-state index is 10.9. The highest BCUT2D eigenvalue weighted by atomic mass is 16.6. The molecule has 27 heavy (non-hydrogen) atoms. The normalized spacial score (nSPS) is 12.6. The summed E-state index contributed by atoms with van der Waals surface area (Å²) < 4.78 is 0. The Labute approximate surface area is 158 Å². The number of nitrogens with zero attached hydrogens (tertiary/aromatic N) is 2. The molecule has 2 N–H and O–H groups in total. The van der Waals surface area contributed by atoms with Crippen LogP contribution in [-0.2, 0) is 6.54 Å². The van der Waals surface area contributed by atoms with Crippen LogP contribution in [0.4, 0.5) is 5.69 Å². The topological polar surface area (TPSA) is 79.6 Å². The summed E-state index contributed by atoms with van der Waals surface area (Å²) in [4.78, 5) is 14.8. The minimum Gasteiger partial charge on any atom is -0.352 e. The number of benzene rings is 3. The third-order valence-electron chi connectivity index (χ3n) is 4.43. The number of hydrogen-bond donors (Lipinski definition) is 2. The zero-order chi connectivity index (χ0) is 19.2. The molecule has 0 radical (unpaired) electrons. The SMILES string of the molecule is CN=C(NCc1cccc([N+](=O)[O-])c1)NC(C)c1ccc2ccccc2c1. The Kier molecular flexibility index (Phi) is 5.66. The number of non-ortho nitro benzene ring substituents is 1. The standard InChI is InChI=1S/C21H22N4O2/c1-15(18-11-10-17-7-3-4-8-19(17)13-18)24-21(22-2)23-14-16-6-5-9-20(12-16)25(26)27/h3-13,15H,14H2,1-2H3,(H2,22,23,24). The van der Waals surface area contributed by atoms with Crippen molar-refractivity contribution < 1.29 is 4.92 Å². The van der Waals surface area contributed by atoms with Crippen LogP contribution in [0.1, 0.15) is 24.1 Å². The van der Waals surface area contributed by atoms with Gasteiger partial charge in [-0.25, -0.2) is 0 Å². The van der Waals surface area contributed by atoms with E-state index in [1.54, 1.807) is 19.2 Å². The van der Waals surface area contributed by atoms with Crippen molar-refractivity contribution in [3.63, 3.8) is 0 Å². The van der Waals surface area contributed by atoms with Gasteiger partial charge in [0.2, 0.25) is 0 Å². The van der Waals surface area contributed by atoms with Crippen LogP contribution in [0.3, 0.4) is 0 Å². The van der Waals surface area contributed by atoms with E-state index in [1.165, 1.54) is 16.8 Å². The highest BCUT2D eigenvalue weighted by Crippen LogP contribution is 2.20. The Morgan fingerprint density at radius 3 is 2.59 bits per heavy atom. The summed E-state index contributed by atoms with van der Waals surface area (Å²) in [5.41, 5.74) is 2.07. The fourth-order valence-electron chi connectivity index (χ4n) is 2.93. The molecule has 0 aliphatic rings. The molecule has 0 aliphatic carbocycles. The lowest BCUT2D eigenvalue weighted by atomic mass is 10.0. The Hall–Kier alpha value is -3.41. The van der Waals surface area contributed by atoms with Gasteiger partial charge in [-0.2, -0.15) is 0 Å². The van der Waals surface area contributed by atoms with Crippen LogP contribution in [0.25, 0.3) is 10.8 Å². The Morgan fingerprint density at radius 1 is 1.07 bits per heavy atom. The number of hydrogen-bond acceptors (Lipinski definition) is 3. The molecule has 138 valence electrons. The van der Waals surface area contributed by atoms with E-state index in [1.807, 2.05) is 18.2 Å². The molecule has 3 rings (SSSR count). The van der Waals surface area contributed by atoms with E-state index >= 15 is 0 Å². The zero-order valence-corrected chi connectivity index (χ0v) is 15.3. The van der Waals surface area contributed by atoms with E-state index in [2.05, 4.69) is 52.9 Å². The highest BCUT2D eigenvalue weighted by Gasteiger charge is 2.10. The lowest BCUT2D eigenvalue weighted by molar-refractivity contribution is -0.384. The first-order valence-corrected chi connectivity index (χ1v) is 8.76. The van der Waals surface area contributed by atoms with Crippen LogP contribution >= 0.6 is 0 Å². The van der Waals surface area contributed by atoms with Gasteiger partial charge in [0.15, 0.2) is 5.96 Å². The molecule has 0 saturated carbocycles. The molecule has 3 aromatic rings. The quantitative estimate of drug-likeness (QED) is 0.309. The van der Waals surface area contributed by atoms with Gasteiger partial charge in [0.1, 0.15) is 0 Å². The predicted octanol–water partition coefficient (Wildman–Crippen LogP) is 4.17. The Bertz CT molecular complexity index is 985. The van der Waals surface area contributed by atoms with Crippen LogP contribution in [-0.4, -0.2) is 17.9 Å². The second-order valence-corrected chi connectivity index (χ2v) is 6.33. The summed E-state index contributed by atoms with van der Waals surface area (Å²) in [6, 6.07) is 21.3. The van der Waals surface area contributed by atoms with Gasteiger partial charge >= 0.3 is 0 Å². The van der Waals surface area contributed by atoms with Crippen molar-refractivity contribution in [2.24, 2.45) is 4.99 Å². The van der Waals surface area contributed by atoms with Gasteiger partial charge in [-0.05, 0) is 34.9 Å². The summed E-state index contributed by atoms with van der Waals surface area (Å²) in [5, 5.41) is 19.9. The van der Waals surface area contributed by atoms with E-state index in [0.717, 1.165) is 11.1 Å². The smallest absolute Gasteiger partial charge is 0.269 e. The Morgan fingerprint density at radius 2 is 1.85 bits per heavy atom. The molecule has 6 heteroatoms. The van der Waals surface area contributed by atoms with E-state index in [4.69, 9.17) is 0 Å². The van der Waals surface area contributed by atoms with Crippen molar-refractivity contribution in [2.75, 3.05) is 7.05 Å². The van der Waals surface area contributed by atoms with Gasteiger partial charge in [0.25, 0.3) is 5.69 Å². The zero-order valence-electron chi connectivity index (χ0n) is 15.3. The number of fused-ring (bicyclic) bond motifs is 1. The highest BCUT2D eigenvalue weighted by molar-refractivity contribution is 5.84. The molecule has 0 aliphatic heterocycles. The van der Waals surface area contributed by atoms with E-state index in [-0.39, 0.29) is 11.7 Å². The van der Waals surface area contributed by atoms with E-state index < -0.39 is 4.92 Å². The van der Waals surface area contributed by atoms with Crippen LogP contribution in [0.2, 0.25) is 0 Å². The lowest BCUT2D eigenvalue weighted by Crippen LogP contribution is -2.38. The average Bonchev–Trinajstić information content (AvgIpc) is 2.70. The molecule has 0 amide bonds. The maximum Gasteiger partial charge on any atom is 0.269 e. The first kappa shape index (κ1) is 18.4. The molecule has 6 nitrogen and oxygen atoms in total. The van der Waals surface area contributed by atoms with Gasteiger partial charge in [0.05, 0.1) is 11.0 Å². The molecule has 0 saturated heterocycles. The molecule has 1 unspecified atom stereocenters. The van der Waals surface area contributed by atoms with Crippen molar-refractivity contribution in [1.82, 2.24) is 10.6 Å². The maximum absolute atomic E-state index is 10.9. The number of nitro groups is 1. The van der Waals surface area contributed by atoms with Crippen LogP contribution in [0.5, 0.6) is 0 Å². The van der Waals surface area contributed by atoms with Gasteiger partial charge in [-0.15, -0.1) is 0 Å². The number of nitro benzene ring substituents is 1. The number of aliphatic imine (C=N–C) groups is 1. The third kappa shape index (κ3) is 4.61. The van der Waals surface area contributed by atoms with Gasteiger partial charge < -0.3 is 10.6 Å². The fourth-order valence-corrected chi connectivity index (χ4v) is 2.93. The molecular formula is C21H22N4O2. The fraction of sp³-hybridized carbons (Fsp3) is 0.190. The van der Waals surface area contributed by atoms with Crippen molar-refractivity contribution in [1.29, 1.82) is 0 Å². The number of rotatable bonds is 5. The van der Waals surface area contributed by atoms with Gasteiger partial charge in [-0.1, -0.05) is 48.5 Å². The van der Waals surface area contributed by atoms with E-state index in [9.17, 15) is 10.1 Å². The largest absolute Gasteiger partial charge is 0.352 e. The molecule has 0 fully saturated rings. The summed E-state index contributed by atoms with van der Waals surface area (Å²) in [6.45, 7) is 2.52. The van der Waals surface area contributed by atoms with Crippen LogP contribution < -0.4 is 10.6 Å². The van der Waals surface area contributed by atoms with Gasteiger partial charge in [0, 0.05) is 25.7 Å². The minimum absolute atomic E-state index is 0.0610. The minimum atomic E-state index is -0.391. The summed E-state index contributed by atoms with van der Waals surface area (Å²) in [5.74, 6) is 0.641. The monoisotopic (exact) mass is 362 g/mol. The van der Waals surface area contributed by atoms with Crippen LogP contribution in [0.15, 0.2) is 71.7 Å². The third-order valence-corrected chi connectivity index (χ3v) is 4.43. The lowest BCUT2D eigenvalue weighted by Gasteiger charge is -2.19. The second kappa shape index (κ2) is 8.31. The summed E-state index contributed by atoms with van der Waals surface area (Å²) >= 11 is 0. The molecule has 3 aromatic carbocycles. The molecular weight excluding hydrogens is 340 g/mol. The van der Waals surface area contributed by atoms with Crippen molar-refractivity contribution in [3.05, 3.63) is 88.0 Å². The molecule has 0 spiro atoms. The van der Waals surface area contributed by atoms with Crippen molar-refractivity contribution in [3.8, 4) is 0 Å².